The number of benzene rings is 2. The van der Waals surface area contributed by atoms with Crippen molar-refractivity contribution in [2.24, 2.45) is 0 Å². The van der Waals surface area contributed by atoms with E-state index in [0.717, 1.165) is 28.9 Å². The third kappa shape index (κ3) is 4.14. The maximum atomic E-state index is 12.7. The van der Waals surface area contributed by atoms with Gasteiger partial charge in [-0.15, -0.1) is 5.10 Å². The van der Waals surface area contributed by atoms with E-state index in [4.69, 9.17) is 28.2 Å². The number of H-pyrrole nitrogens is 1. The van der Waals surface area contributed by atoms with Gasteiger partial charge in [0.05, 0.1) is 22.8 Å². The molecule has 0 fully saturated rings. The molecule has 2 heterocycles. The predicted octanol–water partition coefficient (Wildman–Crippen LogP) is 4.78. The van der Waals surface area contributed by atoms with Crippen LogP contribution >= 0.6 is 23.8 Å². The van der Waals surface area contributed by atoms with E-state index in [1.807, 2.05) is 0 Å². The number of alkyl halides is 3. The quantitative estimate of drug-likeness (QED) is 0.421. The summed E-state index contributed by atoms with van der Waals surface area (Å²) in [5.74, 6) is -1.16. The van der Waals surface area contributed by atoms with Gasteiger partial charge in [0.2, 0.25) is 5.89 Å². The first-order valence-electron chi connectivity index (χ1n) is 8.67. The Hall–Kier alpha value is -3.31. The van der Waals surface area contributed by atoms with Crippen LogP contribution < -0.4 is 5.76 Å². The smallest absolute Gasteiger partial charge is 0.437 e. The summed E-state index contributed by atoms with van der Waals surface area (Å²) in [7, 11) is 0. The lowest BCUT2D eigenvalue weighted by atomic mass is 10.1. The third-order valence-electron chi connectivity index (χ3n) is 4.44. The summed E-state index contributed by atoms with van der Waals surface area (Å²) >= 11 is 11.4. The summed E-state index contributed by atoms with van der Waals surface area (Å²) < 4.78 is 46.0. The highest BCUT2D eigenvalue weighted by Crippen LogP contribution is 2.31. The highest BCUT2D eigenvalue weighted by Gasteiger charge is 2.30. The molecule has 4 rings (SSSR count). The van der Waals surface area contributed by atoms with Crippen LogP contribution in [0.25, 0.3) is 17.1 Å². The maximum absolute atomic E-state index is 12.7. The first kappa shape index (κ1) is 20.9. The van der Waals surface area contributed by atoms with Crippen molar-refractivity contribution in [3.63, 3.8) is 0 Å². The lowest BCUT2D eigenvalue weighted by Gasteiger charge is -2.10. The number of nitrogens with zero attached hydrogens (tertiary/aromatic N) is 3. The van der Waals surface area contributed by atoms with Gasteiger partial charge in [0, 0.05) is 29.6 Å². The largest absolute Gasteiger partial charge is 0.508 e. The molecule has 0 atom stereocenters. The zero-order valence-electron chi connectivity index (χ0n) is 15.4. The monoisotopic (exact) mass is 468 g/mol. The Balaban J connectivity index is 1.63. The summed E-state index contributed by atoms with van der Waals surface area (Å²) in [6.45, 7) is -0.173. The van der Waals surface area contributed by atoms with Crippen molar-refractivity contribution in [3.8, 4) is 22.9 Å². The number of phenolic OH excluding ortho intramolecular Hbond substituents is 1. The number of phenols is 1. The normalized spacial score (nSPS) is 11.7. The van der Waals surface area contributed by atoms with Crippen LogP contribution in [0.15, 0.2) is 58.0 Å². The van der Waals surface area contributed by atoms with Gasteiger partial charge in [0.1, 0.15) is 5.75 Å². The summed E-state index contributed by atoms with van der Waals surface area (Å²) in [6, 6.07) is 6.89. The van der Waals surface area contributed by atoms with Gasteiger partial charge in [0.25, 0.3) is 0 Å². The van der Waals surface area contributed by atoms with E-state index in [2.05, 4.69) is 10.1 Å². The van der Waals surface area contributed by atoms with Crippen LogP contribution in [0.5, 0.6) is 5.75 Å². The molecule has 0 radical (unpaired) electrons. The summed E-state index contributed by atoms with van der Waals surface area (Å²) in [5.41, 5.74) is 0.0841. The molecule has 0 spiro atoms. The number of rotatable bonds is 4. The molecule has 4 aromatic rings. The predicted molar refractivity (Wildman–Crippen MR) is 108 cm³/mol. The topological polar surface area (TPSA) is 89.0 Å². The molecule has 2 aromatic heterocycles. The van der Waals surface area contributed by atoms with Gasteiger partial charge < -0.3 is 14.5 Å². The van der Waals surface area contributed by atoms with Crippen molar-refractivity contribution in [1.82, 2.24) is 19.3 Å². The second-order valence-corrected chi connectivity index (χ2v) is 7.27. The van der Waals surface area contributed by atoms with Gasteiger partial charge in [-0.1, -0.05) is 11.6 Å². The Morgan fingerprint density at radius 1 is 1.23 bits per heavy atom. The van der Waals surface area contributed by atoms with Crippen molar-refractivity contribution in [2.75, 3.05) is 0 Å². The van der Waals surface area contributed by atoms with E-state index in [0.29, 0.717) is 10.5 Å². The van der Waals surface area contributed by atoms with Crippen LogP contribution in [0.2, 0.25) is 5.02 Å². The Labute approximate surface area is 181 Å². The molecule has 12 heteroatoms. The molecule has 2 aromatic carbocycles. The van der Waals surface area contributed by atoms with Crippen molar-refractivity contribution < 1.29 is 22.7 Å². The zero-order chi connectivity index (χ0) is 22.3. The SMILES string of the molecule is O=c1oc(-c2ccc(C(F)(F)F)cc2)nn1Cc1cc(Cl)c(-n2cc[nH]c2=S)cc1O. The number of imidazole rings is 1. The van der Waals surface area contributed by atoms with Crippen LogP contribution in [-0.2, 0) is 12.7 Å². The van der Waals surface area contributed by atoms with Crippen LogP contribution in [0.3, 0.4) is 0 Å². The maximum Gasteiger partial charge on any atom is 0.437 e. The molecule has 7 nitrogen and oxygen atoms in total. The summed E-state index contributed by atoms with van der Waals surface area (Å²) in [4.78, 5) is 15.0. The number of hydrogen-bond donors (Lipinski definition) is 2. The van der Waals surface area contributed by atoms with E-state index in [9.17, 15) is 23.1 Å². The first-order valence-corrected chi connectivity index (χ1v) is 9.45. The van der Waals surface area contributed by atoms with Gasteiger partial charge in [-0.3, -0.25) is 4.57 Å². The fraction of sp³-hybridized carbons (Fsp3) is 0.105. The molecule has 0 amide bonds. The number of halogens is 4. The van der Waals surface area contributed by atoms with Crippen LogP contribution in [0, 0.1) is 4.77 Å². The highest BCUT2D eigenvalue weighted by atomic mass is 35.5. The summed E-state index contributed by atoms with van der Waals surface area (Å²) in [6.07, 6.45) is -1.23. The van der Waals surface area contributed by atoms with E-state index in [1.165, 1.54) is 12.1 Å². The Morgan fingerprint density at radius 2 is 1.94 bits per heavy atom. The second-order valence-electron chi connectivity index (χ2n) is 6.47. The Kier molecular flexibility index (Phi) is 5.23. The average molecular weight is 469 g/mol. The molecule has 2 N–H and O–H groups in total. The minimum atomic E-state index is -4.48. The van der Waals surface area contributed by atoms with Crippen molar-refractivity contribution in [2.45, 2.75) is 12.7 Å². The van der Waals surface area contributed by atoms with Crippen molar-refractivity contribution in [3.05, 3.63) is 80.3 Å². The average Bonchev–Trinajstić information content (AvgIpc) is 3.29. The van der Waals surface area contributed by atoms with E-state index in [-0.39, 0.29) is 34.3 Å². The lowest BCUT2D eigenvalue weighted by molar-refractivity contribution is -0.137. The molecule has 0 aliphatic heterocycles. The number of aromatic nitrogens is 4. The van der Waals surface area contributed by atoms with Crippen LogP contribution in [-0.4, -0.2) is 24.4 Å². The first-order chi connectivity index (χ1) is 14.6. The zero-order valence-corrected chi connectivity index (χ0v) is 16.9. The molecule has 0 saturated heterocycles. The van der Waals surface area contributed by atoms with Crippen LogP contribution in [0.1, 0.15) is 11.1 Å². The minimum absolute atomic E-state index is 0.153. The number of aromatic amines is 1. The molecule has 160 valence electrons. The molecule has 0 bridgehead atoms. The summed E-state index contributed by atoms with van der Waals surface area (Å²) in [5, 5.41) is 14.7. The third-order valence-corrected chi connectivity index (χ3v) is 5.06. The molecule has 0 saturated carbocycles. The number of nitrogens with one attached hydrogen (secondary N) is 1. The van der Waals surface area contributed by atoms with E-state index < -0.39 is 17.5 Å². The highest BCUT2D eigenvalue weighted by molar-refractivity contribution is 7.71. The van der Waals surface area contributed by atoms with Gasteiger partial charge in [0.15, 0.2) is 4.77 Å². The Bertz CT molecular complexity index is 1370. The fourth-order valence-corrected chi connectivity index (χ4v) is 3.40. The van der Waals surface area contributed by atoms with Crippen LogP contribution in [0.4, 0.5) is 13.2 Å². The van der Waals surface area contributed by atoms with Gasteiger partial charge in [-0.2, -0.15) is 17.9 Å². The molecule has 0 aliphatic rings. The van der Waals surface area contributed by atoms with Gasteiger partial charge in [-0.05, 0) is 42.5 Å². The van der Waals surface area contributed by atoms with Gasteiger partial charge in [-0.25, -0.2) is 4.79 Å². The number of hydrogen-bond acceptors (Lipinski definition) is 5. The second kappa shape index (κ2) is 7.75. The molecular formula is C19H12ClF3N4O3S. The van der Waals surface area contributed by atoms with Crippen molar-refractivity contribution in [1.29, 1.82) is 0 Å². The standard InChI is InChI=1S/C19H12ClF3N4O3S/c20-13-7-11(15(28)8-14(13)26-6-5-24-17(26)31)9-27-18(29)30-16(25-27)10-1-3-12(4-2-10)19(21,22)23/h1-8,28H,9H2,(H,24,31). The van der Waals surface area contributed by atoms with Crippen molar-refractivity contribution >= 4 is 23.8 Å². The molecule has 31 heavy (non-hydrogen) atoms. The number of aromatic hydroxyl groups is 1. The fourth-order valence-electron chi connectivity index (χ4n) is 2.90. The minimum Gasteiger partial charge on any atom is -0.508 e. The molecule has 0 unspecified atom stereocenters. The van der Waals surface area contributed by atoms with Gasteiger partial charge >= 0.3 is 11.9 Å². The Morgan fingerprint density at radius 3 is 2.55 bits per heavy atom. The lowest BCUT2D eigenvalue weighted by Crippen LogP contribution is -2.16. The van der Waals surface area contributed by atoms with E-state index >= 15 is 0 Å². The van der Waals surface area contributed by atoms with E-state index in [1.54, 1.807) is 17.0 Å². The molecule has 0 aliphatic carbocycles. The molecular weight excluding hydrogens is 457 g/mol.